The summed E-state index contributed by atoms with van der Waals surface area (Å²) in [5, 5.41) is 3.39. The normalized spacial score (nSPS) is 20.9. The average Bonchev–Trinajstić information content (AvgIpc) is 2.81. The van der Waals surface area contributed by atoms with Gasteiger partial charge < -0.3 is 10.1 Å². The molecule has 88 valence electrons. The molecule has 1 fully saturated rings. The van der Waals surface area contributed by atoms with E-state index in [0.29, 0.717) is 0 Å². The Bertz CT molecular complexity index is 320. The SMILES string of the molecule is CNC(c1cccnc1)C1(OC)CCCC1. The van der Waals surface area contributed by atoms with E-state index in [2.05, 4.69) is 16.4 Å². The predicted molar refractivity (Wildman–Crippen MR) is 64.2 cm³/mol. The van der Waals surface area contributed by atoms with Gasteiger partial charge in [-0.3, -0.25) is 4.98 Å². The van der Waals surface area contributed by atoms with Gasteiger partial charge in [-0.25, -0.2) is 0 Å². The molecule has 0 aromatic carbocycles. The summed E-state index contributed by atoms with van der Waals surface area (Å²) < 4.78 is 5.82. The molecular weight excluding hydrogens is 200 g/mol. The van der Waals surface area contributed by atoms with Gasteiger partial charge in [0.05, 0.1) is 11.6 Å². The molecule has 0 radical (unpaired) electrons. The summed E-state index contributed by atoms with van der Waals surface area (Å²) in [5.74, 6) is 0. The summed E-state index contributed by atoms with van der Waals surface area (Å²) in [4.78, 5) is 4.19. The van der Waals surface area contributed by atoms with Crippen molar-refractivity contribution in [1.82, 2.24) is 10.3 Å². The lowest BCUT2D eigenvalue weighted by Gasteiger charge is -2.36. The third-order valence-electron chi connectivity index (χ3n) is 3.69. The maximum Gasteiger partial charge on any atom is 0.0873 e. The van der Waals surface area contributed by atoms with E-state index in [0.717, 1.165) is 12.8 Å². The van der Waals surface area contributed by atoms with Crippen molar-refractivity contribution in [2.24, 2.45) is 0 Å². The second kappa shape index (κ2) is 4.93. The predicted octanol–water partition coefficient (Wildman–Crippen LogP) is 2.30. The van der Waals surface area contributed by atoms with Crippen molar-refractivity contribution in [2.75, 3.05) is 14.2 Å². The van der Waals surface area contributed by atoms with E-state index < -0.39 is 0 Å². The first kappa shape index (κ1) is 11.6. The Morgan fingerprint density at radius 3 is 2.69 bits per heavy atom. The number of hydrogen-bond donors (Lipinski definition) is 1. The number of likely N-dealkylation sites (N-methyl/N-ethyl adjacent to an activating group) is 1. The number of nitrogens with zero attached hydrogens (tertiary/aromatic N) is 1. The van der Waals surface area contributed by atoms with Crippen LogP contribution in [0.2, 0.25) is 0 Å². The number of rotatable bonds is 4. The molecule has 1 N–H and O–H groups in total. The quantitative estimate of drug-likeness (QED) is 0.845. The molecule has 0 saturated heterocycles. The standard InChI is InChI=1S/C13H20N2O/c1-14-12(11-6-5-9-15-10-11)13(16-2)7-3-4-8-13/h5-6,9-10,12,14H,3-4,7-8H2,1-2H3. The van der Waals surface area contributed by atoms with Gasteiger partial charge in [0, 0.05) is 19.5 Å². The Balaban J connectivity index is 2.28. The lowest BCUT2D eigenvalue weighted by Crippen LogP contribution is -2.42. The summed E-state index contributed by atoms with van der Waals surface area (Å²) in [6.45, 7) is 0. The molecule has 1 unspecified atom stereocenters. The second-order valence-corrected chi connectivity index (χ2v) is 4.48. The average molecular weight is 220 g/mol. The van der Waals surface area contributed by atoms with Gasteiger partial charge in [-0.05, 0) is 31.5 Å². The molecule has 0 aliphatic heterocycles. The minimum Gasteiger partial charge on any atom is -0.376 e. The zero-order valence-electron chi connectivity index (χ0n) is 10.1. The Labute approximate surface area is 97.2 Å². The molecule has 1 aliphatic carbocycles. The van der Waals surface area contributed by atoms with Gasteiger partial charge in [-0.2, -0.15) is 0 Å². The zero-order valence-corrected chi connectivity index (χ0v) is 10.1. The van der Waals surface area contributed by atoms with Crippen molar-refractivity contribution >= 4 is 0 Å². The largest absolute Gasteiger partial charge is 0.376 e. The van der Waals surface area contributed by atoms with Gasteiger partial charge in [0.2, 0.25) is 0 Å². The Morgan fingerprint density at radius 1 is 1.44 bits per heavy atom. The molecule has 16 heavy (non-hydrogen) atoms. The fraction of sp³-hybridized carbons (Fsp3) is 0.615. The molecule has 3 nitrogen and oxygen atoms in total. The monoisotopic (exact) mass is 220 g/mol. The molecule has 3 heteroatoms. The van der Waals surface area contributed by atoms with Crippen LogP contribution in [0.15, 0.2) is 24.5 Å². The highest BCUT2D eigenvalue weighted by molar-refractivity contribution is 5.19. The number of nitrogens with one attached hydrogen (secondary N) is 1. The van der Waals surface area contributed by atoms with Crippen molar-refractivity contribution in [2.45, 2.75) is 37.3 Å². The van der Waals surface area contributed by atoms with Crippen LogP contribution in [0.4, 0.5) is 0 Å². The molecule has 1 atom stereocenters. The molecule has 1 aliphatic rings. The van der Waals surface area contributed by atoms with Crippen molar-refractivity contribution < 1.29 is 4.74 Å². The van der Waals surface area contributed by atoms with E-state index in [-0.39, 0.29) is 11.6 Å². The van der Waals surface area contributed by atoms with Crippen LogP contribution in [0.25, 0.3) is 0 Å². The summed E-state index contributed by atoms with van der Waals surface area (Å²) >= 11 is 0. The smallest absolute Gasteiger partial charge is 0.0873 e. The van der Waals surface area contributed by atoms with Crippen LogP contribution in [0.3, 0.4) is 0 Å². The first-order chi connectivity index (χ1) is 7.82. The van der Waals surface area contributed by atoms with E-state index in [1.807, 2.05) is 32.6 Å². The van der Waals surface area contributed by atoms with Gasteiger partial charge in [0.1, 0.15) is 0 Å². The Morgan fingerprint density at radius 2 is 2.19 bits per heavy atom. The summed E-state index contributed by atoms with van der Waals surface area (Å²) in [6, 6.07) is 4.35. The molecule has 1 aromatic heterocycles. The van der Waals surface area contributed by atoms with Crippen LogP contribution in [0.5, 0.6) is 0 Å². The first-order valence-electron chi connectivity index (χ1n) is 5.95. The van der Waals surface area contributed by atoms with Crippen LogP contribution in [0.1, 0.15) is 37.3 Å². The van der Waals surface area contributed by atoms with Crippen LogP contribution in [0, 0.1) is 0 Å². The summed E-state index contributed by atoms with van der Waals surface area (Å²) in [7, 11) is 3.82. The van der Waals surface area contributed by atoms with Gasteiger partial charge in [0.25, 0.3) is 0 Å². The lowest BCUT2D eigenvalue weighted by atomic mass is 9.87. The van der Waals surface area contributed by atoms with E-state index in [1.165, 1.54) is 18.4 Å². The first-order valence-corrected chi connectivity index (χ1v) is 5.95. The van der Waals surface area contributed by atoms with E-state index in [4.69, 9.17) is 4.74 Å². The number of aromatic nitrogens is 1. The zero-order chi connectivity index (χ0) is 11.4. The minimum absolute atomic E-state index is 0.0439. The summed E-state index contributed by atoms with van der Waals surface area (Å²) in [6.07, 6.45) is 8.51. The highest BCUT2D eigenvalue weighted by Crippen LogP contribution is 2.42. The molecule has 1 heterocycles. The van der Waals surface area contributed by atoms with Gasteiger partial charge in [-0.15, -0.1) is 0 Å². The van der Waals surface area contributed by atoms with Crippen LogP contribution >= 0.6 is 0 Å². The van der Waals surface area contributed by atoms with Crippen molar-refractivity contribution in [3.8, 4) is 0 Å². The molecular formula is C13H20N2O. The Kier molecular flexibility index (Phi) is 3.56. The fourth-order valence-electron chi connectivity index (χ4n) is 2.86. The van der Waals surface area contributed by atoms with Crippen molar-refractivity contribution in [3.05, 3.63) is 30.1 Å². The maximum absolute atomic E-state index is 5.82. The molecule has 0 bridgehead atoms. The molecule has 2 rings (SSSR count). The molecule has 1 aromatic rings. The van der Waals surface area contributed by atoms with E-state index in [1.54, 1.807) is 0 Å². The molecule has 1 saturated carbocycles. The minimum atomic E-state index is -0.0439. The lowest BCUT2D eigenvalue weighted by molar-refractivity contribution is -0.0349. The van der Waals surface area contributed by atoms with Crippen molar-refractivity contribution in [3.63, 3.8) is 0 Å². The number of pyridine rings is 1. The number of ether oxygens (including phenoxy) is 1. The number of methoxy groups -OCH3 is 1. The van der Waals surface area contributed by atoms with Gasteiger partial charge >= 0.3 is 0 Å². The fourth-order valence-corrected chi connectivity index (χ4v) is 2.86. The maximum atomic E-state index is 5.82. The van der Waals surface area contributed by atoms with Crippen LogP contribution in [-0.2, 0) is 4.74 Å². The Hall–Kier alpha value is -0.930. The van der Waals surface area contributed by atoms with E-state index in [9.17, 15) is 0 Å². The third-order valence-corrected chi connectivity index (χ3v) is 3.69. The molecule has 0 amide bonds. The second-order valence-electron chi connectivity index (χ2n) is 4.48. The highest BCUT2D eigenvalue weighted by atomic mass is 16.5. The molecule has 0 spiro atoms. The highest BCUT2D eigenvalue weighted by Gasteiger charge is 2.41. The van der Waals surface area contributed by atoms with Gasteiger partial charge in [0.15, 0.2) is 0 Å². The topological polar surface area (TPSA) is 34.2 Å². The number of hydrogen-bond acceptors (Lipinski definition) is 3. The van der Waals surface area contributed by atoms with Crippen LogP contribution < -0.4 is 5.32 Å². The summed E-state index contributed by atoms with van der Waals surface area (Å²) in [5.41, 5.74) is 1.17. The third kappa shape index (κ3) is 1.97. The van der Waals surface area contributed by atoms with Crippen molar-refractivity contribution in [1.29, 1.82) is 0 Å². The van der Waals surface area contributed by atoms with Crippen LogP contribution in [-0.4, -0.2) is 24.7 Å². The van der Waals surface area contributed by atoms with Gasteiger partial charge in [-0.1, -0.05) is 18.9 Å². The van der Waals surface area contributed by atoms with E-state index >= 15 is 0 Å².